The van der Waals surface area contributed by atoms with Crippen molar-refractivity contribution in [3.05, 3.63) is 59.7 Å². The van der Waals surface area contributed by atoms with Crippen LogP contribution in [0, 0.1) is 0 Å². The molecule has 7 nitrogen and oxygen atoms in total. The van der Waals surface area contributed by atoms with Crippen molar-refractivity contribution < 1.29 is 28.6 Å². The quantitative estimate of drug-likeness (QED) is 0.0415. The molecule has 1 N–H and O–H groups in total. The van der Waals surface area contributed by atoms with Crippen molar-refractivity contribution >= 4 is 18.0 Å². The lowest BCUT2D eigenvalue weighted by molar-refractivity contribution is -0.147. The Kier molecular flexibility index (Phi) is 28.3. The average molecular weight is 818 g/mol. The van der Waals surface area contributed by atoms with Crippen LogP contribution < -0.4 is 5.32 Å². The number of amides is 1. The van der Waals surface area contributed by atoms with Gasteiger partial charge in [-0.15, -0.1) is 0 Å². The summed E-state index contributed by atoms with van der Waals surface area (Å²) in [4.78, 5) is 39.2. The second-order valence-corrected chi connectivity index (χ2v) is 17.1. The molecule has 3 rings (SSSR count). The van der Waals surface area contributed by atoms with Crippen LogP contribution in [0.5, 0.6) is 0 Å². The van der Waals surface area contributed by atoms with Crippen LogP contribution in [0.15, 0.2) is 48.5 Å². The molecule has 0 fully saturated rings. The molecule has 0 unspecified atom stereocenters. The normalized spacial score (nSPS) is 12.5. The maximum Gasteiger partial charge on any atom is 0.407 e. The second kappa shape index (κ2) is 33.4. The van der Waals surface area contributed by atoms with E-state index >= 15 is 0 Å². The van der Waals surface area contributed by atoms with Gasteiger partial charge in [0.25, 0.3) is 0 Å². The van der Waals surface area contributed by atoms with E-state index in [-0.39, 0.29) is 31.3 Å². The number of carbonyl (C=O) groups is 3. The van der Waals surface area contributed by atoms with Gasteiger partial charge in [-0.3, -0.25) is 4.79 Å². The number of esters is 2. The first-order valence-electron chi connectivity index (χ1n) is 24.5. The third-order valence-electron chi connectivity index (χ3n) is 12.1. The average Bonchev–Trinajstić information content (AvgIpc) is 3.57. The van der Waals surface area contributed by atoms with E-state index < -0.39 is 18.1 Å². The van der Waals surface area contributed by atoms with Gasteiger partial charge in [-0.1, -0.05) is 229 Å². The van der Waals surface area contributed by atoms with Gasteiger partial charge in [-0.25, -0.2) is 9.59 Å². The number of benzene rings is 2. The highest BCUT2D eigenvalue weighted by Crippen LogP contribution is 2.44. The van der Waals surface area contributed by atoms with Crippen molar-refractivity contribution in [3.8, 4) is 11.1 Å². The first kappa shape index (κ1) is 50.0. The Morgan fingerprint density at radius 3 is 1.29 bits per heavy atom. The number of carbonyl (C=O) groups excluding carboxylic acids is 3. The first-order valence-corrected chi connectivity index (χ1v) is 24.5. The summed E-state index contributed by atoms with van der Waals surface area (Å²) in [5.41, 5.74) is 4.53. The molecule has 1 aliphatic carbocycles. The Balaban J connectivity index is 1.33. The molecule has 0 bridgehead atoms. The molecule has 1 atom stereocenters. The van der Waals surface area contributed by atoms with E-state index in [0.29, 0.717) is 13.2 Å². The van der Waals surface area contributed by atoms with Gasteiger partial charge in [-0.2, -0.15) is 0 Å². The van der Waals surface area contributed by atoms with Crippen molar-refractivity contribution in [1.29, 1.82) is 0 Å². The van der Waals surface area contributed by atoms with Gasteiger partial charge >= 0.3 is 18.0 Å². The summed E-state index contributed by atoms with van der Waals surface area (Å²) in [6.45, 7) is 5.35. The monoisotopic (exact) mass is 818 g/mol. The molecule has 7 heteroatoms. The molecule has 1 amide bonds. The van der Waals surface area contributed by atoms with E-state index in [2.05, 4.69) is 43.4 Å². The van der Waals surface area contributed by atoms with E-state index in [1.807, 2.05) is 24.3 Å². The van der Waals surface area contributed by atoms with Crippen molar-refractivity contribution in [3.63, 3.8) is 0 Å². The van der Waals surface area contributed by atoms with E-state index in [1.54, 1.807) is 0 Å². The number of hydrogen-bond donors (Lipinski definition) is 1. The lowest BCUT2D eigenvalue weighted by atomic mass is 9.98. The molecule has 2 aromatic rings. The van der Waals surface area contributed by atoms with Crippen LogP contribution in [0.25, 0.3) is 11.1 Å². The van der Waals surface area contributed by atoms with Gasteiger partial charge in [0.15, 0.2) is 0 Å². The van der Waals surface area contributed by atoms with Crippen LogP contribution in [0.4, 0.5) is 4.79 Å². The van der Waals surface area contributed by atoms with Crippen molar-refractivity contribution in [2.75, 3.05) is 19.8 Å². The van der Waals surface area contributed by atoms with Gasteiger partial charge in [0.05, 0.1) is 13.2 Å². The molecule has 0 aliphatic heterocycles. The fraction of sp³-hybridized carbons (Fsp3) is 0.712. The summed E-state index contributed by atoms with van der Waals surface area (Å²) in [5.74, 6) is -0.990. The van der Waals surface area contributed by atoms with Crippen LogP contribution >= 0.6 is 0 Å². The number of ether oxygens (including phenoxy) is 3. The smallest absolute Gasteiger partial charge is 0.407 e. The van der Waals surface area contributed by atoms with Crippen molar-refractivity contribution in [1.82, 2.24) is 5.32 Å². The van der Waals surface area contributed by atoms with Gasteiger partial charge in [0, 0.05) is 12.3 Å². The van der Waals surface area contributed by atoms with Crippen molar-refractivity contribution in [2.24, 2.45) is 0 Å². The molecular formula is C52H83NO6. The minimum atomic E-state index is -0.995. The summed E-state index contributed by atoms with van der Waals surface area (Å²) in [6.07, 6.45) is 34.8. The Labute approximate surface area is 359 Å². The molecule has 0 heterocycles. The van der Waals surface area contributed by atoms with E-state index in [1.165, 1.54) is 141 Å². The van der Waals surface area contributed by atoms with Crippen LogP contribution in [0.2, 0.25) is 0 Å². The van der Waals surface area contributed by atoms with E-state index in [0.717, 1.165) is 60.8 Å². The number of hydrogen-bond acceptors (Lipinski definition) is 6. The Bertz CT molecular complexity index is 1350. The Morgan fingerprint density at radius 2 is 0.864 bits per heavy atom. The summed E-state index contributed by atoms with van der Waals surface area (Å²) < 4.78 is 16.9. The summed E-state index contributed by atoms with van der Waals surface area (Å²) >= 11 is 0. The molecule has 59 heavy (non-hydrogen) atoms. The molecule has 0 saturated heterocycles. The van der Waals surface area contributed by atoms with Gasteiger partial charge in [-0.05, 0) is 41.5 Å². The SMILES string of the molecule is CCCCCCCCCCCCCCCCOC(=O)CC[C@H](NC(=O)OCC1c2ccccc2-c2ccccc21)C(=O)OCCCCCCCCCCCCCCCC. The maximum absolute atomic E-state index is 13.3. The minimum absolute atomic E-state index is 0.0148. The lowest BCUT2D eigenvalue weighted by Crippen LogP contribution is -2.43. The molecule has 0 aromatic heterocycles. The highest BCUT2D eigenvalue weighted by Gasteiger charge is 2.30. The number of nitrogens with one attached hydrogen (secondary N) is 1. The molecule has 0 saturated carbocycles. The number of alkyl carbamates (subject to hydrolysis) is 1. The fourth-order valence-corrected chi connectivity index (χ4v) is 8.42. The molecule has 0 radical (unpaired) electrons. The van der Waals surface area contributed by atoms with Crippen LogP contribution in [0.3, 0.4) is 0 Å². The zero-order valence-electron chi connectivity index (χ0n) is 37.6. The Morgan fingerprint density at radius 1 is 0.492 bits per heavy atom. The summed E-state index contributed by atoms with van der Waals surface area (Å²) in [6, 6.07) is 15.4. The second-order valence-electron chi connectivity index (χ2n) is 17.1. The fourth-order valence-electron chi connectivity index (χ4n) is 8.42. The maximum atomic E-state index is 13.3. The van der Waals surface area contributed by atoms with Crippen molar-refractivity contribution in [2.45, 2.75) is 218 Å². The standard InChI is InChI=1S/C52H83NO6/c1-3-5-7-9-11-13-15-17-19-21-23-25-27-33-41-57-50(54)40-39-49(51(55)58-42-34-28-26-24-22-20-18-16-14-12-10-8-6-4-2)53-52(56)59-43-48-46-37-31-29-35-44(46)45-36-30-32-38-47(45)48/h29-32,35-38,48-49H,3-28,33-34,39-43H2,1-2H3,(H,53,56)/t49-/m0/s1. The van der Waals surface area contributed by atoms with Gasteiger partial charge in [0.1, 0.15) is 12.6 Å². The zero-order chi connectivity index (χ0) is 42.0. The van der Waals surface area contributed by atoms with Crippen LogP contribution in [0.1, 0.15) is 224 Å². The molecule has 1 aliphatic rings. The summed E-state index contributed by atoms with van der Waals surface area (Å²) in [7, 11) is 0. The number of fused-ring (bicyclic) bond motifs is 3. The highest BCUT2D eigenvalue weighted by molar-refractivity contribution is 5.82. The summed E-state index contributed by atoms with van der Waals surface area (Å²) in [5, 5.41) is 2.72. The zero-order valence-corrected chi connectivity index (χ0v) is 37.6. The number of unbranched alkanes of at least 4 members (excludes halogenated alkanes) is 26. The minimum Gasteiger partial charge on any atom is -0.466 e. The van der Waals surface area contributed by atoms with E-state index in [4.69, 9.17) is 14.2 Å². The molecule has 0 spiro atoms. The Hall–Kier alpha value is -3.35. The molecular weight excluding hydrogens is 735 g/mol. The number of rotatable bonds is 37. The third kappa shape index (κ3) is 22.2. The van der Waals surface area contributed by atoms with Crippen LogP contribution in [-0.4, -0.2) is 43.9 Å². The van der Waals surface area contributed by atoms with E-state index in [9.17, 15) is 14.4 Å². The first-order chi connectivity index (χ1) is 29.0. The highest BCUT2D eigenvalue weighted by atomic mass is 16.6. The van der Waals surface area contributed by atoms with Gasteiger partial charge < -0.3 is 19.5 Å². The predicted molar refractivity (Wildman–Crippen MR) is 244 cm³/mol. The predicted octanol–water partition coefficient (Wildman–Crippen LogP) is 14.7. The molecule has 332 valence electrons. The van der Waals surface area contributed by atoms with Gasteiger partial charge in [0.2, 0.25) is 0 Å². The lowest BCUT2D eigenvalue weighted by Gasteiger charge is -2.19. The third-order valence-corrected chi connectivity index (χ3v) is 12.1. The molecule has 2 aromatic carbocycles. The van der Waals surface area contributed by atoms with Crippen LogP contribution in [-0.2, 0) is 23.8 Å². The largest absolute Gasteiger partial charge is 0.466 e. The topological polar surface area (TPSA) is 90.9 Å².